The highest BCUT2D eigenvalue weighted by Crippen LogP contribution is 2.16. The van der Waals surface area contributed by atoms with Crippen LogP contribution in [0.4, 0.5) is 0 Å². The van der Waals surface area contributed by atoms with E-state index in [2.05, 4.69) is 0 Å². The van der Waals surface area contributed by atoms with Crippen molar-refractivity contribution in [2.75, 3.05) is 0 Å². The SMILES string of the molecule is C[C@H](Oc1ccc(CC(=O)c2ccc(Cl)cc2)cc1)C(=O)O. The predicted molar refractivity (Wildman–Crippen MR) is 83.7 cm³/mol. The molecular weight excluding hydrogens is 304 g/mol. The minimum Gasteiger partial charge on any atom is -0.479 e. The average molecular weight is 319 g/mol. The highest BCUT2D eigenvalue weighted by atomic mass is 35.5. The van der Waals surface area contributed by atoms with E-state index in [0.29, 0.717) is 16.3 Å². The van der Waals surface area contributed by atoms with Gasteiger partial charge in [0.25, 0.3) is 0 Å². The molecule has 1 N–H and O–H groups in total. The lowest BCUT2D eigenvalue weighted by atomic mass is 10.0. The van der Waals surface area contributed by atoms with Gasteiger partial charge in [-0.05, 0) is 48.9 Å². The fourth-order valence-corrected chi connectivity index (χ4v) is 1.99. The minimum absolute atomic E-state index is 0.00996. The number of carboxylic acid groups (broad SMARTS) is 1. The van der Waals surface area contributed by atoms with Gasteiger partial charge in [-0.3, -0.25) is 4.79 Å². The molecule has 2 aromatic carbocycles. The van der Waals surface area contributed by atoms with Crippen molar-refractivity contribution in [2.45, 2.75) is 19.4 Å². The lowest BCUT2D eigenvalue weighted by Crippen LogP contribution is -2.22. The molecule has 0 bridgehead atoms. The highest BCUT2D eigenvalue weighted by Gasteiger charge is 2.12. The standard InChI is InChI=1S/C17H15ClO4/c1-11(17(20)21)22-15-8-2-12(3-9-15)10-16(19)13-4-6-14(18)7-5-13/h2-9,11H,10H2,1H3,(H,20,21)/t11-/m0/s1. The summed E-state index contributed by atoms with van der Waals surface area (Å²) in [6.45, 7) is 1.46. The Kier molecular flexibility index (Phi) is 5.17. The van der Waals surface area contributed by atoms with E-state index in [9.17, 15) is 9.59 Å². The summed E-state index contributed by atoms with van der Waals surface area (Å²) in [6.07, 6.45) is -0.655. The third-order valence-corrected chi connectivity index (χ3v) is 3.37. The van der Waals surface area contributed by atoms with Crippen LogP contribution < -0.4 is 4.74 Å². The molecule has 0 amide bonds. The second-order valence-corrected chi connectivity index (χ2v) is 5.29. The minimum atomic E-state index is -1.03. The van der Waals surface area contributed by atoms with Crippen LogP contribution in [0.2, 0.25) is 5.02 Å². The number of benzene rings is 2. The van der Waals surface area contributed by atoms with Crippen molar-refractivity contribution in [3.05, 3.63) is 64.7 Å². The Morgan fingerprint density at radius 3 is 2.23 bits per heavy atom. The Hall–Kier alpha value is -2.33. The number of hydrogen-bond donors (Lipinski definition) is 1. The predicted octanol–water partition coefficient (Wildman–Crippen LogP) is 3.62. The van der Waals surface area contributed by atoms with E-state index in [1.165, 1.54) is 6.92 Å². The summed E-state index contributed by atoms with van der Waals surface area (Å²) in [5.74, 6) is -0.580. The number of ketones is 1. The van der Waals surface area contributed by atoms with Crippen LogP contribution >= 0.6 is 11.6 Å². The molecule has 0 fully saturated rings. The number of carboxylic acids is 1. The van der Waals surface area contributed by atoms with Gasteiger partial charge in [-0.25, -0.2) is 4.79 Å². The Morgan fingerprint density at radius 2 is 1.68 bits per heavy atom. The van der Waals surface area contributed by atoms with Gasteiger partial charge >= 0.3 is 5.97 Å². The Bertz CT molecular complexity index is 662. The Balaban J connectivity index is 2.00. The first-order valence-electron chi connectivity index (χ1n) is 6.73. The van der Waals surface area contributed by atoms with E-state index in [0.717, 1.165) is 5.56 Å². The number of carbonyl (C=O) groups is 2. The van der Waals surface area contributed by atoms with Gasteiger partial charge in [0.05, 0.1) is 0 Å². The number of halogens is 1. The Labute approximate surface area is 133 Å². The molecule has 0 radical (unpaired) electrons. The molecule has 0 aromatic heterocycles. The van der Waals surface area contributed by atoms with Crippen molar-refractivity contribution in [2.24, 2.45) is 0 Å². The largest absolute Gasteiger partial charge is 0.479 e. The third kappa shape index (κ3) is 4.33. The van der Waals surface area contributed by atoms with Gasteiger partial charge in [0.1, 0.15) is 5.75 Å². The van der Waals surface area contributed by atoms with Gasteiger partial charge in [-0.1, -0.05) is 23.7 Å². The van der Waals surface area contributed by atoms with Crippen LogP contribution in [0.1, 0.15) is 22.8 Å². The topological polar surface area (TPSA) is 63.6 Å². The molecule has 0 aliphatic rings. The van der Waals surface area contributed by atoms with Crippen molar-refractivity contribution >= 4 is 23.4 Å². The molecule has 0 aliphatic heterocycles. The summed E-state index contributed by atoms with van der Waals surface area (Å²) in [6, 6.07) is 13.6. The van der Waals surface area contributed by atoms with Crippen LogP contribution in [0.15, 0.2) is 48.5 Å². The second kappa shape index (κ2) is 7.09. The van der Waals surface area contributed by atoms with Crippen LogP contribution in [0.25, 0.3) is 0 Å². The molecular formula is C17H15ClO4. The zero-order chi connectivity index (χ0) is 16.1. The first kappa shape index (κ1) is 16.0. The number of Topliss-reactive ketones (excluding diaryl/α,β-unsaturated/α-hetero) is 1. The lowest BCUT2D eigenvalue weighted by molar-refractivity contribution is -0.144. The molecule has 1 atom stereocenters. The molecule has 4 nitrogen and oxygen atoms in total. The smallest absolute Gasteiger partial charge is 0.344 e. The van der Waals surface area contributed by atoms with Gasteiger partial charge in [-0.2, -0.15) is 0 Å². The van der Waals surface area contributed by atoms with E-state index >= 15 is 0 Å². The van der Waals surface area contributed by atoms with Crippen LogP contribution in [0.3, 0.4) is 0 Å². The zero-order valence-corrected chi connectivity index (χ0v) is 12.7. The first-order chi connectivity index (χ1) is 10.5. The molecule has 114 valence electrons. The highest BCUT2D eigenvalue weighted by molar-refractivity contribution is 6.30. The summed E-state index contributed by atoms with van der Waals surface area (Å²) in [5, 5.41) is 9.37. The summed E-state index contributed by atoms with van der Waals surface area (Å²) >= 11 is 5.79. The molecule has 0 saturated heterocycles. The maximum atomic E-state index is 12.1. The third-order valence-electron chi connectivity index (χ3n) is 3.11. The maximum Gasteiger partial charge on any atom is 0.344 e. The fourth-order valence-electron chi connectivity index (χ4n) is 1.86. The molecule has 2 aromatic rings. The molecule has 0 saturated carbocycles. The van der Waals surface area contributed by atoms with Gasteiger partial charge in [0.2, 0.25) is 0 Å². The summed E-state index contributed by atoms with van der Waals surface area (Å²) in [7, 11) is 0. The van der Waals surface area contributed by atoms with Crippen molar-refractivity contribution in [1.29, 1.82) is 0 Å². The average Bonchev–Trinajstić information content (AvgIpc) is 2.49. The van der Waals surface area contributed by atoms with Gasteiger partial charge in [0.15, 0.2) is 11.9 Å². The van der Waals surface area contributed by atoms with Gasteiger partial charge < -0.3 is 9.84 Å². The quantitative estimate of drug-likeness (QED) is 0.826. The van der Waals surface area contributed by atoms with Gasteiger partial charge in [0, 0.05) is 17.0 Å². The number of aliphatic carboxylic acids is 1. The van der Waals surface area contributed by atoms with E-state index in [4.69, 9.17) is 21.4 Å². The van der Waals surface area contributed by atoms with Gasteiger partial charge in [-0.15, -0.1) is 0 Å². The molecule has 5 heteroatoms. The maximum absolute atomic E-state index is 12.1. The van der Waals surface area contributed by atoms with Crippen LogP contribution in [0.5, 0.6) is 5.75 Å². The van der Waals surface area contributed by atoms with E-state index < -0.39 is 12.1 Å². The molecule has 2 rings (SSSR count). The lowest BCUT2D eigenvalue weighted by Gasteiger charge is -2.10. The van der Waals surface area contributed by atoms with E-state index in [1.807, 2.05) is 0 Å². The van der Waals surface area contributed by atoms with Crippen molar-refractivity contribution in [1.82, 2.24) is 0 Å². The van der Waals surface area contributed by atoms with E-state index in [-0.39, 0.29) is 12.2 Å². The normalized spacial score (nSPS) is 11.7. The zero-order valence-electron chi connectivity index (χ0n) is 12.0. The van der Waals surface area contributed by atoms with E-state index in [1.54, 1.807) is 48.5 Å². The second-order valence-electron chi connectivity index (χ2n) is 4.85. The Morgan fingerprint density at radius 1 is 1.09 bits per heavy atom. The molecule has 0 spiro atoms. The van der Waals surface area contributed by atoms with Crippen molar-refractivity contribution in [3.8, 4) is 5.75 Å². The molecule has 0 aliphatic carbocycles. The monoisotopic (exact) mass is 318 g/mol. The number of rotatable bonds is 6. The number of ether oxygens (including phenoxy) is 1. The summed E-state index contributed by atoms with van der Waals surface area (Å²) in [4.78, 5) is 22.8. The number of carbonyl (C=O) groups excluding carboxylic acids is 1. The van der Waals surface area contributed by atoms with Crippen molar-refractivity contribution < 1.29 is 19.4 Å². The summed E-state index contributed by atoms with van der Waals surface area (Å²) in [5.41, 5.74) is 1.43. The first-order valence-corrected chi connectivity index (χ1v) is 7.10. The van der Waals surface area contributed by atoms with Crippen LogP contribution in [0, 0.1) is 0 Å². The van der Waals surface area contributed by atoms with Crippen molar-refractivity contribution in [3.63, 3.8) is 0 Å². The molecule has 0 heterocycles. The molecule has 22 heavy (non-hydrogen) atoms. The van der Waals surface area contributed by atoms with Crippen LogP contribution in [-0.4, -0.2) is 23.0 Å². The molecule has 0 unspecified atom stereocenters. The number of hydrogen-bond acceptors (Lipinski definition) is 3. The van der Waals surface area contributed by atoms with Crippen LogP contribution in [-0.2, 0) is 11.2 Å². The summed E-state index contributed by atoms with van der Waals surface area (Å²) < 4.78 is 5.23. The fraction of sp³-hybridized carbons (Fsp3) is 0.176.